The van der Waals surface area contributed by atoms with Crippen LogP contribution in [-0.4, -0.2) is 63.9 Å². The molecule has 7 nitrogen and oxygen atoms in total. The van der Waals surface area contributed by atoms with Crippen LogP contribution in [0.4, 0.5) is 11.5 Å². The number of hydrogen-bond acceptors (Lipinski definition) is 9. The highest BCUT2D eigenvalue weighted by Crippen LogP contribution is 2.32. The Kier molecular flexibility index (Phi) is 7.65. The molecule has 0 atom stereocenters. The second kappa shape index (κ2) is 10.6. The lowest BCUT2D eigenvalue weighted by molar-refractivity contribution is 0.102. The Morgan fingerprint density at radius 1 is 1.23 bits per heavy atom. The summed E-state index contributed by atoms with van der Waals surface area (Å²) in [6.07, 6.45) is 3.18. The van der Waals surface area contributed by atoms with Crippen LogP contribution in [-0.2, 0) is 4.74 Å². The number of fused-ring (bicyclic) bond motifs is 1. The number of thiazole rings is 1. The summed E-state index contributed by atoms with van der Waals surface area (Å²) in [5, 5.41) is 3.59. The Labute approximate surface area is 194 Å². The van der Waals surface area contributed by atoms with E-state index in [-0.39, 0.29) is 5.91 Å². The first-order valence-electron chi connectivity index (χ1n) is 10.2. The van der Waals surface area contributed by atoms with Crippen molar-refractivity contribution in [3.05, 3.63) is 36.3 Å². The van der Waals surface area contributed by atoms with Gasteiger partial charge in [-0.2, -0.15) is 11.8 Å². The van der Waals surface area contributed by atoms with E-state index in [1.54, 1.807) is 29.3 Å². The van der Waals surface area contributed by atoms with E-state index in [1.807, 2.05) is 30.0 Å². The van der Waals surface area contributed by atoms with Gasteiger partial charge in [-0.1, -0.05) is 25.6 Å². The van der Waals surface area contributed by atoms with Crippen LogP contribution in [0.1, 0.15) is 24.3 Å². The topological polar surface area (TPSA) is 80.2 Å². The lowest BCUT2D eigenvalue weighted by Gasteiger charge is -2.27. The number of carbonyl (C=O) groups excluding carboxylic acids is 1. The van der Waals surface area contributed by atoms with Crippen molar-refractivity contribution in [2.45, 2.75) is 23.4 Å². The van der Waals surface area contributed by atoms with E-state index < -0.39 is 0 Å². The zero-order chi connectivity index (χ0) is 21.6. The number of rotatable bonds is 8. The lowest BCUT2D eigenvalue weighted by atomic mass is 10.3. The molecule has 0 aliphatic carbocycles. The first-order valence-corrected chi connectivity index (χ1v) is 13.0. The van der Waals surface area contributed by atoms with Crippen LogP contribution >= 0.6 is 34.9 Å². The molecule has 0 radical (unpaired) electrons. The van der Waals surface area contributed by atoms with E-state index >= 15 is 0 Å². The Morgan fingerprint density at radius 2 is 2.06 bits per heavy atom. The molecule has 0 saturated carbocycles. The highest BCUT2D eigenvalue weighted by molar-refractivity contribution is 8.04. The van der Waals surface area contributed by atoms with Gasteiger partial charge in [-0.3, -0.25) is 9.78 Å². The van der Waals surface area contributed by atoms with Crippen molar-refractivity contribution in [3.8, 4) is 0 Å². The van der Waals surface area contributed by atoms with Gasteiger partial charge in [-0.25, -0.2) is 9.97 Å². The standard InChI is InChI=1S/C21H25N5O2S3/c1-14(2)29-9-10-30-21-25-16-4-3-15(11-18(16)31-21)23-20(27)17-12-22-13-19(24-17)26-5-7-28-8-6-26/h3-4,11-14H,5-10H2,1-2H3,(H,23,27). The fourth-order valence-corrected chi connectivity index (χ4v) is 6.08. The van der Waals surface area contributed by atoms with Gasteiger partial charge in [0.05, 0.1) is 35.8 Å². The zero-order valence-corrected chi connectivity index (χ0v) is 20.0. The maximum Gasteiger partial charge on any atom is 0.275 e. The van der Waals surface area contributed by atoms with Crippen LogP contribution in [0, 0.1) is 0 Å². The summed E-state index contributed by atoms with van der Waals surface area (Å²) in [6, 6.07) is 5.80. The number of nitrogens with one attached hydrogen (secondary N) is 1. The van der Waals surface area contributed by atoms with Crippen LogP contribution in [0.3, 0.4) is 0 Å². The highest BCUT2D eigenvalue weighted by Gasteiger charge is 2.16. The molecule has 1 aliphatic rings. The van der Waals surface area contributed by atoms with Crippen molar-refractivity contribution in [2.24, 2.45) is 0 Å². The van der Waals surface area contributed by atoms with Gasteiger partial charge in [0.1, 0.15) is 11.5 Å². The van der Waals surface area contributed by atoms with Gasteiger partial charge in [0, 0.05) is 30.3 Å². The van der Waals surface area contributed by atoms with E-state index in [9.17, 15) is 4.79 Å². The molecule has 1 aromatic carbocycles. The third-order valence-electron chi connectivity index (χ3n) is 4.58. The van der Waals surface area contributed by atoms with Gasteiger partial charge in [-0.15, -0.1) is 11.3 Å². The summed E-state index contributed by atoms with van der Waals surface area (Å²) in [5.74, 6) is 2.59. The molecule has 1 saturated heterocycles. The summed E-state index contributed by atoms with van der Waals surface area (Å²) in [5.41, 5.74) is 1.98. The highest BCUT2D eigenvalue weighted by atomic mass is 32.2. The molecule has 1 amide bonds. The molecule has 0 bridgehead atoms. The predicted molar refractivity (Wildman–Crippen MR) is 131 cm³/mol. The number of hydrogen-bond donors (Lipinski definition) is 1. The normalized spacial score (nSPS) is 14.4. The number of aromatic nitrogens is 3. The maximum absolute atomic E-state index is 12.7. The number of morpholine rings is 1. The molecule has 1 aliphatic heterocycles. The van der Waals surface area contributed by atoms with Crippen molar-refractivity contribution in [2.75, 3.05) is 48.0 Å². The molecule has 2 aromatic heterocycles. The van der Waals surface area contributed by atoms with Gasteiger partial charge in [0.15, 0.2) is 4.34 Å². The molecule has 0 spiro atoms. The molecule has 3 aromatic rings. The van der Waals surface area contributed by atoms with Crippen molar-refractivity contribution in [3.63, 3.8) is 0 Å². The monoisotopic (exact) mass is 475 g/mol. The van der Waals surface area contributed by atoms with Crippen LogP contribution in [0.2, 0.25) is 0 Å². The molecular weight excluding hydrogens is 450 g/mol. The summed E-state index contributed by atoms with van der Waals surface area (Å²) < 4.78 is 7.50. The van der Waals surface area contributed by atoms with Gasteiger partial charge in [0.25, 0.3) is 5.91 Å². The first-order chi connectivity index (χ1) is 15.1. The molecule has 1 N–H and O–H groups in total. The van der Waals surface area contributed by atoms with Gasteiger partial charge >= 0.3 is 0 Å². The second-order valence-corrected chi connectivity index (χ2v) is 11.3. The predicted octanol–water partition coefficient (Wildman–Crippen LogP) is 4.41. The number of ether oxygens (including phenoxy) is 1. The van der Waals surface area contributed by atoms with E-state index in [0.717, 1.165) is 44.8 Å². The smallest absolute Gasteiger partial charge is 0.275 e. The zero-order valence-electron chi connectivity index (χ0n) is 17.5. The fraction of sp³-hybridized carbons (Fsp3) is 0.429. The number of nitrogens with zero attached hydrogens (tertiary/aromatic N) is 4. The van der Waals surface area contributed by atoms with Gasteiger partial charge in [0.2, 0.25) is 0 Å². The Morgan fingerprint density at radius 3 is 2.87 bits per heavy atom. The van der Waals surface area contributed by atoms with Crippen LogP contribution in [0.15, 0.2) is 34.9 Å². The minimum absolute atomic E-state index is 0.271. The molecule has 1 fully saturated rings. The molecule has 0 unspecified atom stereocenters. The summed E-state index contributed by atoms with van der Waals surface area (Å²) in [6.45, 7) is 7.24. The summed E-state index contributed by atoms with van der Waals surface area (Å²) >= 11 is 5.41. The van der Waals surface area contributed by atoms with Gasteiger partial charge < -0.3 is 15.0 Å². The second-order valence-electron chi connectivity index (χ2n) is 7.25. The molecular formula is C21H25N5O2S3. The number of carbonyl (C=O) groups is 1. The van der Waals surface area contributed by atoms with E-state index in [1.165, 1.54) is 6.20 Å². The molecule has 10 heteroatoms. The van der Waals surface area contributed by atoms with E-state index in [4.69, 9.17) is 9.72 Å². The molecule has 164 valence electrons. The summed E-state index contributed by atoms with van der Waals surface area (Å²) in [4.78, 5) is 28.2. The van der Waals surface area contributed by atoms with Crippen molar-refractivity contribution < 1.29 is 9.53 Å². The van der Waals surface area contributed by atoms with E-state index in [0.29, 0.717) is 30.0 Å². The molecule has 3 heterocycles. The fourth-order valence-electron chi connectivity index (χ4n) is 3.06. The van der Waals surface area contributed by atoms with Crippen molar-refractivity contribution in [1.82, 2.24) is 15.0 Å². The van der Waals surface area contributed by atoms with Crippen LogP contribution in [0.25, 0.3) is 10.2 Å². The number of thioether (sulfide) groups is 2. The maximum atomic E-state index is 12.7. The number of amides is 1. The SMILES string of the molecule is CC(C)SCCSc1nc2ccc(NC(=O)c3cncc(N4CCOCC4)n3)cc2s1. The summed E-state index contributed by atoms with van der Waals surface area (Å²) in [7, 11) is 0. The largest absolute Gasteiger partial charge is 0.378 e. The third-order valence-corrected chi connectivity index (χ3v) is 8.10. The first kappa shape index (κ1) is 22.3. The average Bonchev–Trinajstić information content (AvgIpc) is 3.19. The minimum atomic E-state index is -0.271. The third kappa shape index (κ3) is 6.09. The van der Waals surface area contributed by atoms with E-state index in [2.05, 4.69) is 34.0 Å². The Hall–Kier alpha value is -1.88. The van der Waals surface area contributed by atoms with Crippen LogP contribution < -0.4 is 10.2 Å². The number of benzene rings is 1. The Balaban J connectivity index is 1.40. The molecule has 31 heavy (non-hydrogen) atoms. The van der Waals surface area contributed by atoms with Crippen LogP contribution in [0.5, 0.6) is 0 Å². The van der Waals surface area contributed by atoms with Crippen molar-refractivity contribution in [1.29, 1.82) is 0 Å². The number of anilines is 2. The average molecular weight is 476 g/mol. The lowest BCUT2D eigenvalue weighted by Crippen LogP contribution is -2.37. The molecule has 4 rings (SSSR count). The van der Waals surface area contributed by atoms with Crippen molar-refractivity contribution >= 4 is 62.5 Å². The van der Waals surface area contributed by atoms with Gasteiger partial charge in [-0.05, 0) is 23.4 Å². The minimum Gasteiger partial charge on any atom is -0.378 e. The Bertz CT molecular complexity index is 1040. The quantitative estimate of drug-likeness (QED) is 0.379.